The lowest BCUT2D eigenvalue weighted by atomic mass is 9.89. The average molecular weight is 344 g/mol. The van der Waals surface area contributed by atoms with Crippen LogP contribution in [0.15, 0.2) is 22.7 Å². The van der Waals surface area contributed by atoms with E-state index in [1.54, 1.807) is 7.11 Å². The Morgan fingerprint density at radius 2 is 2.10 bits per heavy atom. The molecule has 1 aromatic carbocycles. The standard InChI is InChI=1S/C16H26BrNO2/c1-12(18-9-5-8-16(2,3)11-19)13-6-7-15(20-4)14(17)10-13/h6-7,10,12,18-19H,5,8-9,11H2,1-4H3. The van der Waals surface area contributed by atoms with E-state index < -0.39 is 0 Å². The van der Waals surface area contributed by atoms with Crippen LogP contribution in [-0.4, -0.2) is 25.4 Å². The minimum absolute atomic E-state index is 0.0219. The maximum atomic E-state index is 9.22. The normalized spacial score (nSPS) is 13.3. The van der Waals surface area contributed by atoms with Crippen LogP contribution < -0.4 is 10.1 Å². The third-order valence-corrected chi connectivity index (χ3v) is 4.20. The number of methoxy groups -OCH3 is 1. The molecule has 0 bridgehead atoms. The van der Waals surface area contributed by atoms with Crippen LogP contribution in [0.2, 0.25) is 0 Å². The Bertz CT molecular complexity index is 421. The molecule has 0 amide bonds. The molecule has 0 radical (unpaired) electrons. The minimum atomic E-state index is 0.0219. The van der Waals surface area contributed by atoms with E-state index in [2.05, 4.69) is 54.2 Å². The van der Waals surface area contributed by atoms with Crippen LogP contribution in [-0.2, 0) is 0 Å². The second-order valence-electron chi connectivity index (χ2n) is 6.00. The molecule has 0 heterocycles. The Morgan fingerprint density at radius 1 is 1.40 bits per heavy atom. The molecule has 0 aliphatic heterocycles. The van der Waals surface area contributed by atoms with Crippen molar-refractivity contribution >= 4 is 15.9 Å². The molecule has 114 valence electrons. The van der Waals surface area contributed by atoms with Gasteiger partial charge in [-0.25, -0.2) is 0 Å². The molecule has 0 aliphatic rings. The molecule has 1 rings (SSSR count). The van der Waals surface area contributed by atoms with Crippen LogP contribution in [0, 0.1) is 5.41 Å². The summed E-state index contributed by atoms with van der Waals surface area (Å²) >= 11 is 3.51. The Labute approximate surface area is 130 Å². The maximum Gasteiger partial charge on any atom is 0.133 e. The monoisotopic (exact) mass is 343 g/mol. The Kier molecular flexibility index (Phi) is 7.00. The van der Waals surface area contributed by atoms with Gasteiger partial charge in [-0.1, -0.05) is 19.9 Å². The highest BCUT2D eigenvalue weighted by Crippen LogP contribution is 2.28. The van der Waals surface area contributed by atoms with Gasteiger partial charge in [0.15, 0.2) is 0 Å². The van der Waals surface area contributed by atoms with Crippen molar-refractivity contribution < 1.29 is 9.84 Å². The van der Waals surface area contributed by atoms with Crippen molar-refractivity contribution in [2.75, 3.05) is 20.3 Å². The quantitative estimate of drug-likeness (QED) is 0.703. The highest BCUT2D eigenvalue weighted by atomic mass is 79.9. The van der Waals surface area contributed by atoms with Crippen LogP contribution in [0.25, 0.3) is 0 Å². The molecule has 1 unspecified atom stereocenters. The van der Waals surface area contributed by atoms with Gasteiger partial charge in [0.05, 0.1) is 11.6 Å². The number of benzene rings is 1. The van der Waals surface area contributed by atoms with Crippen molar-refractivity contribution in [2.24, 2.45) is 5.41 Å². The topological polar surface area (TPSA) is 41.5 Å². The van der Waals surface area contributed by atoms with Crippen molar-refractivity contribution in [1.82, 2.24) is 5.32 Å². The summed E-state index contributed by atoms with van der Waals surface area (Å²) < 4.78 is 6.22. The van der Waals surface area contributed by atoms with Crippen LogP contribution in [0.5, 0.6) is 5.75 Å². The van der Waals surface area contributed by atoms with Crippen LogP contribution in [0.3, 0.4) is 0 Å². The first kappa shape index (κ1) is 17.5. The second kappa shape index (κ2) is 8.01. The lowest BCUT2D eigenvalue weighted by Crippen LogP contribution is -2.23. The van der Waals surface area contributed by atoms with Crippen molar-refractivity contribution in [1.29, 1.82) is 0 Å². The number of aliphatic hydroxyl groups excluding tert-OH is 1. The molecule has 20 heavy (non-hydrogen) atoms. The van der Waals surface area contributed by atoms with E-state index in [0.29, 0.717) is 6.04 Å². The number of halogens is 1. The fraction of sp³-hybridized carbons (Fsp3) is 0.625. The van der Waals surface area contributed by atoms with Gasteiger partial charge in [0.1, 0.15) is 5.75 Å². The van der Waals surface area contributed by atoms with Gasteiger partial charge in [-0.15, -0.1) is 0 Å². The lowest BCUT2D eigenvalue weighted by molar-refractivity contribution is 0.147. The number of ether oxygens (including phenoxy) is 1. The predicted molar refractivity (Wildman–Crippen MR) is 87.2 cm³/mol. The first-order chi connectivity index (χ1) is 9.39. The fourth-order valence-corrected chi connectivity index (χ4v) is 2.59. The summed E-state index contributed by atoms with van der Waals surface area (Å²) in [7, 11) is 1.67. The maximum absolute atomic E-state index is 9.22. The number of hydrogen-bond acceptors (Lipinski definition) is 3. The summed E-state index contributed by atoms with van der Waals surface area (Å²) in [6.45, 7) is 7.54. The van der Waals surface area contributed by atoms with Crippen molar-refractivity contribution in [2.45, 2.75) is 39.7 Å². The number of nitrogens with one attached hydrogen (secondary N) is 1. The fourth-order valence-electron chi connectivity index (χ4n) is 2.03. The van der Waals surface area contributed by atoms with Gasteiger partial charge in [-0.05, 0) is 65.4 Å². The summed E-state index contributed by atoms with van der Waals surface area (Å²) in [5.41, 5.74) is 1.26. The van der Waals surface area contributed by atoms with Gasteiger partial charge in [0, 0.05) is 12.6 Å². The van der Waals surface area contributed by atoms with E-state index in [1.807, 2.05) is 6.07 Å². The van der Waals surface area contributed by atoms with E-state index in [1.165, 1.54) is 5.56 Å². The number of rotatable bonds is 8. The summed E-state index contributed by atoms with van der Waals surface area (Å²) in [6.07, 6.45) is 2.09. The van der Waals surface area contributed by atoms with E-state index in [-0.39, 0.29) is 12.0 Å². The molecule has 1 aromatic rings. The Hall–Kier alpha value is -0.580. The highest BCUT2D eigenvalue weighted by molar-refractivity contribution is 9.10. The zero-order valence-electron chi connectivity index (χ0n) is 12.9. The predicted octanol–water partition coefficient (Wildman–Crippen LogP) is 3.91. The summed E-state index contributed by atoms with van der Waals surface area (Å²) in [6, 6.07) is 6.45. The van der Waals surface area contributed by atoms with Gasteiger partial charge in [-0.3, -0.25) is 0 Å². The van der Waals surface area contributed by atoms with Gasteiger partial charge in [0.2, 0.25) is 0 Å². The van der Waals surface area contributed by atoms with Gasteiger partial charge in [0.25, 0.3) is 0 Å². The minimum Gasteiger partial charge on any atom is -0.496 e. The second-order valence-corrected chi connectivity index (χ2v) is 6.85. The SMILES string of the molecule is COc1ccc(C(C)NCCCC(C)(C)CO)cc1Br. The lowest BCUT2D eigenvalue weighted by Gasteiger charge is -2.22. The summed E-state index contributed by atoms with van der Waals surface area (Å²) in [4.78, 5) is 0. The zero-order valence-corrected chi connectivity index (χ0v) is 14.5. The molecular weight excluding hydrogens is 318 g/mol. The molecule has 2 N–H and O–H groups in total. The van der Waals surface area contributed by atoms with E-state index >= 15 is 0 Å². The number of hydrogen-bond donors (Lipinski definition) is 2. The van der Waals surface area contributed by atoms with Crippen molar-refractivity contribution in [3.63, 3.8) is 0 Å². The van der Waals surface area contributed by atoms with Crippen LogP contribution in [0.4, 0.5) is 0 Å². The summed E-state index contributed by atoms with van der Waals surface area (Å²) in [5.74, 6) is 0.852. The smallest absolute Gasteiger partial charge is 0.133 e. The largest absolute Gasteiger partial charge is 0.496 e. The molecule has 0 spiro atoms. The van der Waals surface area contributed by atoms with E-state index in [0.717, 1.165) is 29.6 Å². The third-order valence-electron chi connectivity index (χ3n) is 3.58. The molecular formula is C16H26BrNO2. The zero-order chi connectivity index (χ0) is 15.2. The molecule has 0 aromatic heterocycles. The van der Waals surface area contributed by atoms with Gasteiger partial charge >= 0.3 is 0 Å². The van der Waals surface area contributed by atoms with Crippen molar-refractivity contribution in [3.8, 4) is 5.75 Å². The molecule has 0 saturated carbocycles. The van der Waals surface area contributed by atoms with Gasteiger partial charge in [-0.2, -0.15) is 0 Å². The average Bonchev–Trinajstić information content (AvgIpc) is 2.43. The highest BCUT2D eigenvalue weighted by Gasteiger charge is 2.15. The van der Waals surface area contributed by atoms with Crippen LogP contribution >= 0.6 is 15.9 Å². The first-order valence-electron chi connectivity index (χ1n) is 7.07. The Morgan fingerprint density at radius 3 is 2.65 bits per heavy atom. The number of aliphatic hydroxyl groups is 1. The van der Waals surface area contributed by atoms with Crippen molar-refractivity contribution in [3.05, 3.63) is 28.2 Å². The molecule has 0 saturated heterocycles. The summed E-state index contributed by atoms with van der Waals surface area (Å²) in [5, 5.41) is 12.7. The molecule has 3 nitrogen and oxygen atoms in total. The molecule has 0 fully saturated rings. The molecule has 1 atom stereocenters. The first-order valence-corrected chi connectivity index (χ1v) is 7.86. The van der Waals surface area contributed by atoms with E-state index in [4.69, 9.17) is 4.74 Å². The van der Waals surface area contributed by atoms with E-state index in [9.17, 15) is 5.11 Å². The third kappa shape index (κ3) is 5.43. The molecule has 0 aliphatic carbocycles. The van der Waals surface area contributed by atoms with Gasteiger partial charge < -0.3 is 15.2 Å². The molecule has 4 heteroatoms. The van der Waals surface area contributed by atoms with Crippen LogP contribution in [0.1, 0.15) is 45.2 Å². The Balaban J connectivity index is 2.43.